The predicted molar refractivity (Wildman–Crippen MR) is 95.7 cm³/mol. The maximum Gasteiger partial charge on any atom is 0.335 e. The van der Waals surface area contributed by atoms with E-state index in [-0.39, 0.29) is 5.71 Å². The Balaban J connectivity index is 1.82. The van der Waals surface area contributed by atoms with Gasteiger partial charge in [0, 0.05) is 0 Å². The van der Waals surface area contributed by atoms with Crippen LogP contribution in [0.5, 0.6) is 0 Å². The molecule has 0 N–H and O–H groups in total. The van der Waals surface area contributed by atoms with Crippen LogP contribution < -0.4 is 10.6 Å². The highest BCUT2D eigenvalue weighted by Crippen LogP contribution is 2.36. The Morgan fingerprint density at radius 3 is 1.61 bits per heavy atom. The van der Waals surface area contributed by atoms with Crippen LogP contribution in [-0.4, -0.2) is 5.71 Å². The summed E-state index contributed by atoms with van der Waals surface area (Å²) < 4.78 is 5.59. The number of hydrogen-bond acceptors (Lipinski definition) is 2. The molecule has 3 heteroatoms. The fourth-order valence-corrected chi connectivity index (χ4v) is 4.15. The number of ether oxygens (including phenoxy) is 1. The quantitative estimate of drug-likeness (QED) is 0.649. The lowest BCUT2D eigenvalue weighted by molar-refractivity contribution is 0.168. The van der Waals surface area contributed by atoms with Crippen molar-refractivity contribution in [2.24, 2.45) is 0 Å². The molecule has 0 saturated heterocycles. The van der Waals surface area contributed by atoms with E-state index in [1.54, 1.807) is 0 Å². The summed E-state index contributed by atoms with van der Waals surface area (Å²) in [4.78, 5) is 12.7. The van der Waals surface area contributed by atoms with Gasteiger partial charge in [0.1, 0.15) is 6.61 Å². The third kappa shape index (κ3) is 4.06. The van der Waals surface area contributed by atoms with E-state index in [0.29, 0.717) is 6.61 Å². The van der Waals surface area contributed by atoms with Gasteiger partial charge in [-0.25, -0.2) is 4.79 Å². The molecule has 0 heterocycles. The highest BCUT2D eigenvalue weighted by Gasteiger charge is 2.23. The molecule has 114 valence electrons. The molecule has 23 heavy (non-hydrogen) atoms. The first-order valence-corrected chi connectivity index (χ1v) is 8.79. The molecule has 3 aromatic carbocycles. The van der Waals surface area contributed by atoms with Crippen molar-refractivity contribution < 1.29 is 9.53 Å². The summed E-state index contributed by atoms with van der Waals surface area (Å²) in [6.07, 6.45) is 0. The van der Waals surface area contributed by atoms with Crippen LogP contribution in [-0.2, 0) is 11.3 Å². The van der Waals surface area contributed by atoms with Gasteiger partial charge >= 0.3 is 5.71 Å². The van der Waals surface area contributed by atoms with Crippen molar-refractivity contribution in [3.8, 4) is 0 Å². The lowest BCUT2D eigenvalue weighted by Crippen LogP contribution is -2.18. The molecule has 0 unspecified atom stereocenters. The monoisotopic (exact) mass is 320 g/mol. The van der Waals surface area contributed by atoms with Gasteiger partial charge in [-0.15, -0.1) is 0 Å². The average molecular weight is 320 g/mol. The van der Waals surface area contributed by atoms with E-state index in [9.17, 15) is 4.79 Å². The van der Waals surface area contributed by atoms with Crippen molar-refractivity contribution in [3.05, 3.63) is 96.6 Å². The second-order valence-corrected chi connectivity index (χ2v) is 7.12. The van der Waals surface area contributed by atoms with Crippen LogP contribution in [0.15, 0.2) is 91.0 Å². The third-order valence-corrected chi connectivity index (χ3v) is 5.54. The van der Waals surface area contributed by atoms with Crippen LogP contribution in [0.4, 0.5) is 4.79 Å². The fourth-order valence-electron chi connectivity index (χ4n) is 2.30. The van der Waals surface area contributed by atoms with Crippen molar-refractivity contribution in [2.75, 3.05) is 0 Å². The molecule has 0 amide bonds. The maximum absolute atomic E-state index is 12.7. The van der Waals surface area contributed by atoms with Gasteiger partial charge in [-0.2, -0.15) is 0 Å². The van der Waals surface area contributed by atoms with E-state index in [4.69, 9.17) is 4.74 Å². The van der Waals surface area contributed by atoms with Crippen LogP contribution in [0.2, 0.25) is 0 Å². The lowest BCUT2D eigenvalue weighted by atomic mass is 10.2. The van der Waals surface area contributed by atoms with Crippen LogP contribution in [0.25, 0.3) is 0 Å². The summed E-state index contributed by atoms with van der Waals surface area (Å²) >= 11 is 0. The molecule has 3 aromatic rings. The van der Waals surface area contributed by atoms with Gasteiger partial charge in [-0.3, -0.25) is 0 Å². The molecule has 0 fully saturated rings. The zero-order chi connectivity index (χ0) is 15.9. The molecular weight excluding hydrogens is 303 g/mol. The van der Waals surface area contributed by atoms with Crippen LogP contribution in [0.3, 0.4) is 0 Å². The Labute approximate surface area is 137 Å². The van der Waals surface area contributed by atoms with Crippen molar-refractivity contribution >= 4 is 24.2 Å². The molecule has 3 rings (SSSR count). The molecule has 0 aliphatic carbocycles. The van der Waals surface area contributed by atoms with Crippen LogP contribution in [0, 0.1) is 0 Å². The molecule has 0 bridgehead atoms. The Hall–Kier alpha value is -2.44. The van der Waals surface area contributed by atoms with Gasteiger partial charge < -0.3 is 4.74 Å². The molecule has 2 nitrogen and oxygen atoms in total. The molecule has 0 saturated carbocycles. The normalized spacial score (nSPS) is 10.5. The van der Waals surface area contributed by atoms with E-state index in [1.807, 2.05) is 91.0 Å². The van der Waals surface area contributed by atoms with Crippen molar-refractivity contribution in [1.82, 2.24) is 0 Å². The van der Waals surface area contributed by atoms with E-state index in [0.717, 1.165) is 16.2 Å². The summed E-state index contributed by atoms with van der Waals surface area (Å²) in [7, 11) is -1.17. The molecule has 0 radical (unpaired) electrons. The number of benzene rings is 3. The Morgan fingerprint density at radius 1 is 0.696 bits per heavy atom. The zero-order valence-corrected chi connectivity index (χ0v) is 13.5. The number of rotatable bonds is 5. The minimum Gasteiger partial charge on any atom is -0.457 e. The largest absolute Gasteiger partial charge is 0.457 e. The van der Waals surface area contributed by atoms with E-state index in [1.165, 1.54) is 0 Å². The van der Waals surface area contributed by atoms with E-state index >= 15 is 0 Å². The van der Waals surface area contributed by atoms with Crippen molar-refractivity contribution in [1.29, 1.82) is 0 Å². The number of carbonyl (C=O) groups excluding carboxylic acids is 1. The smallest absolute Gasteiger partial charge is 0.335 e. The first-order valence-electron chi connectivity index (χ1n) is 7.45. The molecule has 0 aromatic heterocycles. The zero-order valence-electron chi connectivity index (χ0n) is 12.6. The van der Waals surface area contributed by atoms with Gasteiger partial charge in [0.05, 0.1) is 7.92 Å². The first kappa shape index (κ1) is 15.5. The predicted octanol–water partition coefficient (Wildman–Crippen LogP) is 4.46. The van der Waals surface area contributed by atoms with Crippen molar-refractivity contribution in [2.45, 2.75) is 6.61 Å². The second kappa shape index (κ2) is 7.71. The summed E-state index contributed by atoms with van der Waals surface area (Å²) in [5.41, 5.74) is 0.832. The molecule has 0 spiro atoms. The van der Waals surface area contributed by atoms with E-state index < -0.39 is 7.92 Å². The lowest BCUT2D eigenvalue weighted by Gasteiger charge is -2.17. The van der Waals surface area contributed by atoms with Crippen molar-refractivity contribution in [3.63, 3.8) is 0 Å². The molecular formula is C20H17O2P. The average Bonchev–Trinajstić information content (AvgIpc) is 2.63. The highest BCUT2D eigenvalue weighted by atomic mass is 31.1. The SMILES string of the molecule is O=C(OCc1ccccc1)P(c1ccccc1)c1ccccc1. The van der Waals surface area contributed by atoms with Gasteiger partial charge in [0.25, 0.3) is 0 Å². The Morgan fingerprint density at radius 2 is 1.13 bits per heavy atom. The Bertz CT molecular complexity index is 703. The Kier molecular flexibility index (Phi) is 5.18. The van der Waals surface area contributed by atoms with Gasteiger partial charge in [-0.1, -0.05) is 91.0 Å². The summed E-state index contributed by atoms with van der Waals surface area (Å²) in [5.74, 6) is 0. The van der Waals surface area contributed by atoms with Gasteiger partial charge in [-0.05, 0) is 16.2 Å². The van der Waals surface area contributed by atoms with Crippen LogP contribution >= 0.6 is 7.92 Å². The molecule has 0 aliphatic rings. The van der Waals surface area contributed by atoms with Crippen LogP contribution in [0.1, 0.15) is 5.56 Å². The maximum atomic E-state index is 12.7. The fraction of sp³-hybridized carbons (Fsp3) is 0.0500. The van der Waals surface area contributed by atoms with E-state index in [2.05, 4.69) is 0 Å². The standard InChI is InChI=1S/C20H17O2P/c21-20(22-16-17-10-4-1-5-11-17)23(18-12-6-2-7-13-18)19-14-8-3-9-15-19/h1-15H,16H2. The summed E-state index contributed by atoms with van der Waals surface area (Å²) in [6, 6.07) is 29.4. The minimum atomic E-state index is -1.17. The highest BCUT2D eigenvalue weighted by molar-refractivity contribution is 7.87. The first-order chi connectivity index (χ1) is 11.3. The van der Waals surface area contributed by atoms with Gasteiger partial charge in [0.2, 0.25) is 0 Å². The third-order valence-electron chi connectivity index (χ3n) is 3.42. The molecule has 0 atom stereocenters. The second-order valence-electron chi connectivity index (χ2n) is 5.05. The summed E-state index contributed by atoms with van der Waals surface area (Å²) in [5, 5.41) is 2.01. The molecule has 0 aliphatic heterocycles. The minimum absolute atomic E-state index is 0.166. The number of hydrogen-bond donors (Lipinski definition) is 0. The number of carbonyl (C=O) groups is 1. The van der Waals surface area contributed by atoms with Gasteiger partial charge in [0.15, 0.2) is 0 Å². The topological polar surface area (TPSA) is 26.3 Å². The summed E-state index contributed by atoms with van der Waals surface area (Å²) in [6.45, 7) is 0.304.